The van der Waals surface area contributed by atoms with E-state index in [1.807, 2.05) is 12.3 Å². The van der Waals surface area contributed by atoms with E-state index in [9.17, 15) is 0 Å². The number of hydrogen-bond donors (Lipinski definition) is 0. The van der Waals surface area contributed by atoms with E-state index in [0.29, 0.717) is 0 Å². The molecule has 7 heteroatoms. The van der Waals surface area contributed by atoms with Crippen molar-refractivity contribution < 1.29 is 7.84 Å². The molecule has 0 amide bonds. The number of nitrogens with zero attached hydrogens (tertiary/aromatic N) is 2. The van der Waals surface area contributed by atoms with Gasteiger partial charge in [-0.1, -0.05) is 37.5 Å². The molecule has 0 saturated carbocycles. The molecule has 2 rings (SSSR count). The van der Waals surface area contributed by atoms with Crippen molar-refractivity contribution in [2.24, 2.45) is 5.92 Å². The third-order valence-corrected chi connectivity index (χ3v) is 2.52. The first kappa shape index (κ1) is 20.8. The summed E-state index contributed by atoms with van der Waals surface area (Å²) in [7, 11) is -1.69. The maximum atomic E-state index is 4.23. The molecule has 2 nitrogen and oxygen atoms in total. The molecule has 1 fully saturated rings. The Kier molecular flexibility index (Phi) is 13.6. The van der Waals surface area contributed by atoms with Crippen molar-refractivity contribution in [1.29, 1.82) is 0 Å². The average molecular weight is 707 g/mol. The third kappa shape index (κ3) is 19.8. The summed E-state index contributed by atoms with van der Waals surface area (Å²) < 4.78 is 0. The zero-order valence-corrected chi connectivity index (χ0v) is 19.7. The van der Waals surface area contributed by atoms with Gasteiger partial charge in [-0.15, -0.1) is 19.6 Å². The molecule has 0 bridgehead atoms. The molecule has 116 valence electrons. The minimum atomic E-state index is -1.69. The SMILES string of the molecule is CC1=CC[N-]C=C1.CC1CC[N-]CC1.[Br][Pt+2]([Br])([Br])[Br]. The fourth-order valence-electron chi connectivity index (χ4n) is 1.38. The molecule has 2 aliphatic rings. The van der Waals surface area contributed by atoms with E-state index in [1.54, 1.807) is 0 Å². The van der Waals surface area contributed by atoms with Crippen LogP contribution in [0.2, 0.25) is 0 Å². The number of halogens is 4. The van der Waals surface area contributed by atoms with Gasteiger partial charge in [-0.25, -0.2) is 0 Å². The van der Waals surface area contributed by atoms with Gasteiger partial charge in [0.15, 0.2) is 0 Å². The first-order chi connectivity index (χ1) is 8.79. The Balaban J connectivity index is 0.000000261. The fourth-order valence-corrected chi connectivity index (χ4v) is 1.38. The summed E-state index contributed by atoms with van der Waals surface area (Å²) in [6.07, 6.45) is 8.58. The molecule has 0 unspecified atom stereocenters. The maximum absolute atomic E-state index is 4.23. The number of hydrogen-bond acceptors (Lipinski definition) is 0. The first-order valence-electron chi connectivity index (χ1n) is 5.90. The van der Waals surface area contributed by atoms with Gasteiger partial charge in [0.1, 0.15) is 0 Å². The van der Waals surface area contributed by atoms with Crippen molar-refractivity contribution in [1.82, 2.24) is 0 Å². The van der Waals surface area contributed by atoms with Crippen LogP contribution in [-0.4, -0.2) is 19.6 Å². The second-order valence-electron chi connectivity index (χ2n) is 4.25. The van der Waals surface area contributed by atoms with Crippen molar-refractivity contribution in [2.45, 2.75) is 26.7 Å². The van der Waals surface area contributed by atoms with Crippen LogP contribution in [0, 0.1) is 5.92 Å². The normalized spacial score (nSPS) is 20.0. The number of piperidine rings is 1. The fraction of sp³-hybridized carbons (Fsp3) is 0.667. The number of rotatable bonds is 0. The van der Waals surface area contributed by atoms with Crippen LogP contribution in [0.15, 0.2) is 23.9 Å². The molecule has 0 aliphatic carbocycles. The Labute approximate surface area is 146 Å². The summed E-state index contributed by atoms with van der Waals surface area (Å²) in [6.45, 7) is 7.46. The molecule has 2 heterocycles. The average Bonchev–Trinajstić information content (AvgIpc) is 2.29. The molecule has 0 aromatic heterocycles. The summed E-state index contributed by atoms with van der Waals surface area (Å²) in [5.41, 5.74) is 1.31. The molecule has 0 N–H and O–H groups in total. The Hall–Kier alpha value is 1.85. The van der Waals surface area contributed by atoms with Crippen LogP contribution in [0.25, 0.3) is 10.6 Å². The van der Waals surface area contributed by atoms with Crippen molar-refractivity contribution in [2.75, 3.05) is 19.6 Å². The van der Waals surface area contributed by atoms with Crippen molar-refractivity contribution in [3.05, 3.63) is 34.6 Å². The number of allylic oxidation sites excluding steroid dienone is 2. The molecule has 19 heavy (non-hydrogen) atoms. The molecular weight excluding hydrogens is 687 g/mol. The van der Waals surface area contributed by atoms with Crippen LogP contribution in [-0.2, 0) is 7.84 Å². The molecule has 0 spiro atoms. The summed E-state index contributed by atoms with van der Waals surface area (Å²) >= 11 is 13.2. The summed E-state index contributed by atoms with van der Waals surface area (Å²) in [6, 6.07) is 0. The molecule has 0 aromatic carbocycles. The Morgan fingerprint density at radius 2 is 1.68 bits per heavy atom. The first-order valence-corrected chi connectivity index (χ1v) is 25.8. The van der Waals surface area contributed by atoms with Gasteiger partial charge in [-0.05, 0) is 12.8 Å². The molecule has 2 aliphatic heterocycles. The predicted molar refractivity (Wildman–Crippen MR) is 98.3 cm³/mol. The Morgan fingerprint density at radius 3 is 1.89 bits per heavy atom. The van der Waals surface area contributed by atoms with E-state index >= 15 is 0 Å². The van der Waals surface area contributed by atoms with Crippen LogP contribution in [0.3, 0.4) is 0 Å². The van der Waals surface area contributed by atoms with Crippen molar-refractivity contribution in [3.63, 3.8) is 0 Å². The van der Waals surface area contributed by atoms with Crippen molar-refractivity contribution in [3.8, 4) is 0 Å². The minimum absolute atomic E-state index is 0.863. The van der Waals surface area contributed by atoms with E-state index in [0.717, 1.165) is 25.6 Å². The summed E-state index contributed by atoms with van der Waals surface area (Å²) in [5, 5.41) is 8.20. The molecule has 1 saturated heterocycles. The van der Waals surface area contributed by atoms with Gasteiger partial charge < -0.3 is 10.6 Å². The molecule has 0 atom stereocenters. The van der Waals surface area contributed by atoms with E-state index in [4.69, 9.17) is 0 Å². The van der Waals surface area contributed by atoms with Gasteiger partial charge in [0.05, 0.1) is 0 Å². The third-order valence-electron chi connectivity index (χ3n) is 2.52. The van der Waals surface area contributed by atoms with E-state index in [-0.39, 0.29) is 0 Å². The van der Waals surface area contributed by atoms with E-state index < -0.39 is 7.84 Å². The van der Waals surface area contributed by atoms with Gasteiger partial charge in [-0.3, -0.25) is 0 Å². The van der Waals surface area contributed by atoms with Gasteiger partial charge in [-0.2, -0.15) is 6.20 Å². The van der Waals surface area contributed by atoms with Gasteiger partial charge in [0.25, 0.3) is 0 Å². The quantitative estimate of drug-likeness (QED) is 0.260. The topological polar surface area (TPSA) is 28.2 Å². The van der Waals surface area contributed by atoms with Crippen LogP contribution >= 0.6 is 53.2 Å². The van der Waals surface area contributed by atoms with Crippen molar-refractivity contribution >= 4 is 53.2 Å². The van der Waals surface area contributed by atoms with E-state index in [2.05, 4.69) is 83.7 Å². The van der Waals surface area contributed by atoms with Gasteiger partial charge in [0.2, 0.25) is 0 Å². The van der Waals surface area contributed by atoms with Gasteiger partial charge >= 0.3 is 61.0 Å². The second-order valence-corrected chi connectivity index (χ2v) is 63.9. The van der Waals surface area contributed by atoms with E-state index in [1.165, 1.54) is 18.4 Å². The molecule has 0 aromatic rings. The van der Waals surface area contributed by atoms with Crippen LogP contribution in [0.5, 0.6) is 0 Å². The zero-order chi connectivity index (χ0) is 14.7. The molecule has 0 radical (unpaired) electrons. The summed E-state index contributed by atoms with van der Waals surface area (Å²) in [5.74, 6) is 0.942. The molecular formula is C12H20Br4N2Pt. The van der Waals surface area contributed by atoms with Crippen LogP contribution in [0.4, 0.5) is 0 Å². The van der Waals surface area contributed by atoms with Crippen LogP contribution < -0.4 is 0 Å². The summed E-state index contributed by atoms with van der Waals surface area (Å²) in [4.78, 5) is 0. The predicted octanol–water partition coefficient (Wildman–Crippen LogP) is 7.00. The Bertz CT molecular complexity index is 278. The zero-order valence-electron chi connectivity index (χ0n) is 11.1. The standard InChI is InChI=1S/C6H12N.C6H8N.4BrH.Pt/c2*1-6-2-4-7-5-3-6;;;;;/h6H,2-5H2,1H3;2-4H,5H2,1H3;4*1H;/q2*-1;;;;;+6/p-4. The Morgan fingerprint density at radius 1 is 1.16 bits per heavy atom. The monoisotopic (exact) mass is 703 g/mol. The van der Waals surface area contributed by atoms with Gasteiger partial charge in [0, 0.05) is 0 Å². The second kappa shape index (κ2) is 12.4. The van der Waals surface area contributed by atoms with Crippen LogP contribution in [0.1, 0.15) is 26.7 Å².